The zero-order chi connectivity index (χ0) is 16.8. The van der Waals surface area contributed by atoms with Gasteiger partial charge in [-0.15, -0.1) is 0 Å². The predicted octanol–water partition coefficient (Wildman–Crippen LogP) is 3.54. The van der Waals surface area contributed by atoms with Crippen LogP contribution in [-0.2, 0) is 4.79 Å². The van der Waals surface area contributed by atoms with Crippen LogP contribution in [0.25, 0.3) is 0 Å². The molecular weight excluding hydrogens is 297 g/mol. The van der Waals surface area contributed by atoms with E-state index < -0.39 is 11.8 Å². The lowest BCUT2D eigenvalue weighted by Gasteiger charge is -2.12. The van der Waals surface area contributed by atoms with Gasteiger partial charge in [0.25, 0.3) is 0 Å². The van der Waals surface area contributed by atoms with E-state index in [1.54, 1.807) is 0 Å². The number of halogens is 1. The molecule has 0 saturated carbocycles. The fraction of sp³-hybridized carbons (Fsp3) is 0.222. The highest BCUT2D eigenvalue weighted by molar-refractivity contribution is 6.15. The van der Waals surface area contributed by atoms with Gasteiger partial charge in [0.2, 0.25) is 0 Å². The van der Waals surface area contributed by atoms with E-state index in [1.165, 1.54) is 18.2 Å². The molecule has 2 aromatic carbocycles. The van der Waals surface area contributed by atoms with Crippen molar-refractivity contribution in [1.82, 2.24) is 0 Å². The number of hydrogen-bond acceptors (Lipinski definition) is 3. The molecule has 0 aliphatic heterocycles. The lowest BCUT2D eigenvalue weighted by atomic mass is 9.97. The molecule has 0 fully saturated rings. The minimum Gasteiger partial charge on any atom is -0.507 e. The maximum Gasteiger partial charge on any atom is 0.303 e. The van der Waals surface area contributed by atoms with E-state index in [-0.39, 0.29) is 18.7 Å². The normalized spacial score (nSPS) is 11.5. The number of aliphatic imine (C=N–C) groups is 1. The number of aromatic hydroxyl groups is 1. The van der Waals surface area contributed by atoms with Gasteiger partial charge in [-0.1, -0.05) is 24.3 Å². The van der Waals surface area contributed by atoms with Crippen LogP contribution in [0.3, 0.4) is 0 Å². The number of carboxylic acid groups (broad SMARTS) is 1. The third-order valence-electron chi connectivity index (χ3n) is 3.43. The average Bonchev–Trinajstić information content (AvgIpc) is 2.51. The van der Waals surface area contributed by atoms with Gasteiger partial charge in [-0.25, -0.2) is 4.39 Å². The second kappa shape index (κ2) is 7.54. The zero-order valence-corrected chi connectivity index (χ0v) is 12.8. The molecule has 0 amide bonds. The number of rotatable bonds is 6. The van der Waals surface area contributed by atoms with E-state index in [9.17, 15) is 14.3 Å². The van der Waals surface area contributed by atoms with E-state index >= 15 is 0 Å². The summed E-state index contributed by atoms with van der Waals surface area (Å²) < 4.78 is 13.6. The number of phenols is 1. The summed E-state index contributed by atoms with van der Waals surface area (Å²) in [6, 6.07) is 11.2. The van der Waals surface area contributed by atoms with Gasteiger partial charge < -0.3 is 10.2 Å². The minimum atomic E-state index is -0.883. The van der Waals surface area contributed by atoms with Gasteiger partial charge in [-0.05, 0) is 37.1 Å². The second-order valence-electron chi connectivity index (χ2n) is 5.20. The van der Waals surface area contributed by atoms with Crippen LogP contribution in [-0.4, -0.2) is 28.4 Å². The molecule has 0 radical (unpaired) electrons. The highest BCUT2D eigenvalue weighted by atomic mass is 19.1. The summed E-state index contributed by atoms with van der Waals surface area (Å²) in [6.45, 7) is 2.18. The van der Waals surface area contributed by atoms with Crippen LogP contribution in [0.15, 0.2) is 47.5 Å². The summed E-state index contributed by atoms with van der Waals surface area (Å²) in [5.74, 6) is -1.41. The topological polar surface area (TPSA) is 69.9 Å². The van der Waals surface area contributed by atoms with Crippen LogP contribution in [0, 0.1) is 12.7 Å². The van der Waals surface area contributed by atoms with Crippen molar-refractivity contribution in [2.45, 2.75) is 19.8 Å². The number of aryl methyl sites for hydroxylation is 1. The number of carbonyl (C=O) groups is 1. The number of carboxylic acids is 1. The highest BCUT2D eigenvalue weighted by Gasteiger charge is 2.14. The molecule has 0 saturated heterocycles. The monoisotopic (exact) mass is 315 g/mol. The molecule has 0 spiro atoms. The first kappa shape index (κ1) is 16.7. The van der Waals surface area contributed by atoms with Gasteiger partial charge in [0.15, 0.2) is 0 Å². The molecule has 0 heterocycles. The lowest BCUT2D eigenvalue weighted by Crippen LogP contribution is -2.08. The Balaban J connectivity index is 2.43. The van der Waals surface area contributed by atoms with Crippen molar-refractivity contribution >= 4 is 11.7 Å². The molecule has 0 bridgehead atoms. The Morgan fingerprint density at radius 3 is 2.61 bits per heavy atom. The number of phenolic OH excluding ortho intramolecular Hbond substituents is 1. The lowest BCUT2D eigenvalue weighted by molar-refractivity contribution is -0.137. The largest absolute Gasteiger partial charge is 0.507 e. The first-order valence-electron chi connectivity index (χ1n) is 7.30. The maximum atomic E-state index is 13.6. The molecule has 2 rings (SSSR count). The molecule has 5 heteroatoms. The molecule has 4 nitrogen and oxygen atoms in total. The number of hydrogen-bond donors (Lipinski definition) is 2. The van der Waals surface area contributed by atoms with Crippen LogP contribution >= 0.6 is 0 Å². The van der Waals surface area contributed by atoms with E-state index in [2.05, 4.69) is 4.99 Å². The van der Waals surface area contributed by atoms with Gasteiger partial charge in [0.1, 0.15) is 11.6 Å². The van der Waals surface area contributed by atoms with Crippen molar-refractivity contribution in [3.8, 4) is 5.75 Å². The van der Waals surface area contributed by atoms with Gasteiger partial charge >= 0.3 is 5.97 Å². The van der Waals surface area contributed by atoms with Gasteiger partial charge in [0, 0.05) is 24.1 Å². The summed E-state index contributed by atoms with van der Waals surface area (Å²) >= 11 is 0. The molecule has 0 aromatic heterocycles. The molecule has 2 aromatic rings. The first-order valence-corrected chi connectivity index (χ1v) is 7.30. The smallest absolute Gasteiger partial charge is 0.303 e. The summed E-state index contributed by atoms with van der Waals surface area (Å²) in [4.78, 5) is 15.0. The SMILES string of the molecule is Cc1ccccc1C(=NCCCC(=O)O)c1cc(F)ccc1O. The summed E-state index contributed by atoms with van der Waals surface area (Å²) in [5.41, 5.74) is 2.48. The molecule has 0 aliphatic rings. The Labute approximate surface area is 133 Å². The fourth-order valence-electron chi connectivity index (χ4n) is 2.27. The quantitative estimate of drug-likeness (QED) is 0.633. The van der Waals surface area contributed by atoms with Crippen molar-refractivity contribution in [3.05, 3.63) is 65.0 Å². The van der Waals surface area contributed by atoms with E-state index in [1.807, 2.05) is 31.2 Å². The molecule has 120 valence electrons. The molecule has 23 heavy (non-hydrogen) atoms. The van der Waals surface area contributed by atoms with Crippen LogP contribution in [0.1, 0.15) is 29.5 Å². The van der Waals surface area contributed by atoms with Crippen molar-refractivity contribution < 1.29 is 19.4 Å². The van der Waals surface area contributed by atoms with Crippen LogP contribution in [0.5, 0.6) is 5.75 Å². The minimum absolute atomic E-state index is 0.0136. The molecule has 0 unspecified atom stereocenters. The first-order chi connectivity index (χ1) is 11.0. The average molecular weight is 315 g/mol. The summed E-state index contributed by atoms with van der Waals surface area (Å²) in [6.07, 6.45) is 0.389. The Morgan fingerprint density at radius 1 is 1.17 bits per heavy atom. The fourth-order valence-corrected chi connectivity index (χ4v) is 2.27. The standard InChI is InChI=1S/C18H18FNO3/c1-12-5-2-3-6-14(12)18(20-10-4-7-17(22)23)15-11-13(19)8-9-16(15)21/h2-3,5-6,8-9,11,21H,4,7,10H2,1H3,(H,22,23). The Bertz CT molecular complexity index is 741. The van der Waals surface area contributed by atoms with E-state index in [4.69, 9.17) is 5.11 Å². The van der Waals surface area contributed by atoms with Crippen molar-refractivity contribution in [2.24, 2.45) is 4.99 Å². The number of aliphatic carboxylic acids is 1. The van der Waals surface area contributed by atoms with Crippen LogP contribution < -0.4 is 0 Å². The summed E-state index contributed by atoms with van der Waals surface area (Å²) in [5, 5.41) is 18.8. The Morgan fingerprint density at radius 2 is 1.91 bits per heavy atom. The zero-order valence-electron chi connectivity index (χ0n) is 12.8. The third kappa shape index (κ3) is 4.39. The van der Waals surface area contributed by atoms with Crippen molar-refractivity contribution in [2.75, 3.05) is 6.54 Å². The Hall–Kier alpha value is -2.69. The molecular formula is C18H18FNO3. The van der Waals surface area contributed by atoms with E-state index in [0.29, 0.717) is 17.7 Å². The summed E-state index contributed by atoms with van der Waals surface area (Å²) in [7, 11) is 0. The van der Waals surface area contributed by atoms with Crippen molar-refractivity contribution in [3.63, 3.8) is 0 Å². The molecule has 0 atom stereocenters. The molecule has 2 N–H and O–H groups in total. The van der Waals surface area contributed by atoms with Gasteiger partial charge in [-0.2, -0.15) is 0 Å². The maximum absolute atomic E-state index is 13.6. The van der Waals surface area contributed by atoms with Gasteiger partial charge in [0.05, 0.1) is 5.71 Å². The second-order valence-corrected chi connectivity index (χ2v) is 5.20. The van der Waals surface area contributed by atoms with E-state index in [0.717, 1.165) is 11.1 Å². The number of benzene rings is 2. The van der Waals surface area contributed by atoms with Crippen LogP contribution in [0.2, 0.25) is 0 Å². The predicted molar refractivity (Wildman–Crippen MR) is 86.6 cm³/mol. The van der Waals surface area contributed by atoms with Crippen molar-refractivity contribution in [1.29, 1.82) is 0 Å². The highest BCUT2D eigenvalue weighted by Crippen LogP contribution is 2.24. The molecule has 0 aliphatic carbocycles. The van der Waals surface area contributed by atoms with Gasteiger partial charge in [-0.3, -0.25) is 9.79 Å². The third-order valence-corrected chi connectivity index (χ3v) is 3.43. The Kier molecular flexibility index (Phi) is 5.46. The number of nitrogens with zero attached hydrogens (tertiary/aromatic N) is 1. The van der Waals surface area contributed by atoms with Crippen LogP contribution in [0.4, 0.5) is 4.39 Å².